The van der Waals surface area contributed by atoms with Crippen molar-refractivity contribution in [1.29, 1.82) is 0 Å². The minimum absolute atomic E-state index is 0.0504. The minimum atomic E-state index is -0.595. The number of thiocarbonyl (C=S) groups is 1. The van der Waals surface area contributed by atoms with Gasteiger partial charge in [-0.05, 0) is 35.0 Å². The number of amides is 1. The van der Waals surface area contributed by atoms with Gasteiger partial charge in [0.15, 0.2) is 0 Å². The van der Waals surface area contributed by atoms with Crippen LogP contribution in [0.4, 0.5) is 4.39 Å². The van der Waals surface area contributed by atoms with Crippen LogP contribution >= 0.6 is 28.1 Å². The van der Waals surface area contributed by atoms with Crippen molar-refractivity contribution in [3.05, 3.63) is 34.1 Å². The molecule has 0 saturated carbocycles. The van der Waals surface area contributed by atoms with Gasteiger partial charge in [0.2, 0.25) is 0 Å². The van der Waals surface area contributed by atoms with Gasteiger partial charge in [-0.1, -0.05) is 18.3 Å². The van der Waals surface area contributed by atoms with Gasteiger partial charge >= 0.3 is 0 Å². The zero-order chi connectivity index (χ0) is 12.3. The van der Waals surface area contributed by atoms with Gasteiger partial charge in [-0.3, -0.25) is 4.79 Å². The first kappa shape index (κ1) is 13.1. The van der Waals surface area contributed by atoms with E-state index in [0.29, 0.717) is 4.47 Å². The Labute approximate surface area is 106 Å². The van der Waals surface area contributed by atoms with E-state index in [9.17, 15) is 9.18 Å². The van der Waals surface area contributed by atoms with Crippen LogP contribution in [0.1, 0.15) is 17.3 Å². The molecule has 1 rings (SSSR count). The number of benzene rings is 1. The highest BCUT2D eigenvalue weighted by molar-refractivity contribution is 9.10. The second-order valence-electron chi connectivity index (χ2n) is 3.19. The molecular formula is C10H10BrFN2OS. The number of nitrogens with one attached hydrogen (secondary N) is 1. The van der Waals surface area contributed by atoms with Gasteiger partial charge in [0.05, 0.1) is 16.6 Å². The van der Waals surface area contributed by atoms with E-state index in [1.807, 2.05) is 0 Å². The predicted octanol–water partition coefficient (Wildman–Crippen LogP) is 1.99. The SMILES string of the molecule is CC(NC(=O)c1c(F)cccc1Br)C(N)=S. The zero-order valence-electron chi connectivity index (χ0n) is 8.46. The normalized spacial score (nSPS) is 11.9. The molecule has 0 bridgehead atoms. The van der Waals surface area contributed by atoms with Crippen molar-refractivity contribution in [1.82, 2.24) is 5.32 Å². The van der Waals surface area contributed by atoms with Crippen molar-refractivity contribution >= 4 is 39.0 Å². The third-order valence-corrected chi connectivity index (χ3v) is 2.98. The van der Waals surface area contributed by atoms with Crippen LogP contribution in [0, 0.1) is 5.82 Å². The molecular weight excluding hydrogens is 295 g/mol. The third-order valence-electron chi connectivity index (χ3n) is 1.96. The molecule has 1 aromatic rings. The molecule has 0 heterocycles. The summed E-state index contributed by atoms with van der Waals surface area (Å²) < 4.78 is 13.8. The molecule has 1 atom stereocenters. The lowest BCUT2D eigenvalue weighted by molar-refractivity contribution is 0.0944. The highest BCUT2D eigenvalue weighted by Crippen LogP contribution is 2.19. The first-order valence-electron chi connectivity index (χ1n) is 4.47. The fourth-order valence-corrected chi connectivity index (χ4v) is 1.64. The summed E-state index contributed by atoms with van der Waals surface area (Å²) in [6, 6.07) is 3.83. The highest BCUT2D eigenvalue weighted by Gasteiger charge is 2.17. The molecule has 1 unspecified atom stereocenters. The molecule has 3 nitrogen and oxygen atoms in total. The van der Waals surface area contributed by atoms with Crippen molar-refractivity contribution in [2.24, 2.45) is 5.73 Å². The molecule has 0 aliphatic rings. The van der Waals surface area contributed by atoms with Crippen LogP contribution in [0.5, 0.6) is 0 Å². The Bertz CT molecular complexity index is 419. The lowest BCUT2D eigenvalue weighted by Crippen LogP contribution is -2.41. The summed E-state index contributed by atoms with van der Waals surface area (Å²) in [5, 5.41) is 2.50. The molecule has 3 N–H and O–H groups in total. The zero-order valence-corrected chi connectivity index (χ0v) is 10.9. The summed E-state index contributed by atoms with van der Waals surface area (Å²) >= 11 is 7.82. The van der Waals surface area contributed by atoms with Gasteiger partial charge in [-0.25, -0.2) is 4.39 Å². The van der Waals surface area contributed by atoms with Crippen LogP contribution in [0.3, 0.4) is 0 Å². The second-order valence-corrected chi connectivity index (χ2v) is 4.52. The first-order chi connectivity index (χ1) is 7.43. The van der Waals surface area contributed by atoms with Gasteiger partial charge in [-0.15, -0.1) is 0 Å². The highest BCUT2D eigenvalue weighted by atomic mass is 79.9. The van der Waals surface area contributed by atoms with Crippen LogP contribution in [0.2, 0.25) is 0 Å². The molecule has 0 aromatic heterocycles. The van der Waals surface area contributed by atoms with Crippen LogP contribution in [0.15, 0.2) is 22.7 Å². The third kappa shape index (κ3) is 2.99. The molecule has 0 spiro atoms. The molecule has 1 amide bonds. The van der Waals surface area contributed by atoms with Gasteiger partial charge in [0, 0.05) is 4.47 Å². The van der Waals surface area contributed by atoms with Crippen LogP contribution in [-0.2, 0) is 0 Å². The Morgan fingerprint density at radius 3 is 2.75 bits per heavy atom. The van der Waals surface area contributed by atoms with Crippen molar-refractivity contribution in [3.8, 4) is 0 Å². The number of hydrogen-bond donors (Lipinski definition) is 2. The number of nitrogens with two attached hydrogens (primary N) is 1. The van der Waals surface area contributed by atoms with Crippen molar-refractivity contribution in [3.63, 3.8) is 0 Å². The molecule has 1 aromatic carbocycles. The van der Waals surface area contributed by atoms with Crippen LogP contribution in [0.25, 0.3) is 0 Å². The smallest absolute Gasteiger partial charge is 0.255 e. The fraction of sp³-hybridized carbons (Fsp3) is 0.200. The quantitative estimate of drug-likeness (QED) is 0.840. The molecule has 6 heteroatoms. The Hall–Kier alpha value is -1.01. The van der Waals surface area contributed by atoms with E-state index in [4.69, 9.17) is 18.0 Å². The Kier molecular flexibility index (Phi) is 4.37. The standard InChI is InChI=1S/C10H10BrFN2OS/c1-5(9(13)16)14-10(15)8-6(11)3-2-4-7(8)12/h2-5H,1H3,(H2,13,16)(H,14,15). The maximum atomic E-state index is 13.4. The van der Waals surface area contributed by atoms with E-state index >= 15 is 0 Å². The lowest BCUT2D eigenvalue weighted by atomic mass is 10.2. The summed E-state index contributed by atoms with van der Waals surface area (Å²) in [4.78, 5) is 11.9. The van der Waals surface area contributed by atoms with Crippen molar-refractivity contribution in [2.75, 3.05) is 0 Å². The number of carbonyl (C=O) groups excluding carboxylic acids is 1. The molecule has 0 radical (unpaired) electrons. The Morgan fingerprint density at radius 1 is 1.62 bits per heavy atom. The summed E-state index contributed by atoms with van der Waals surface area (Å²) in [6.45, 7) is 1.63. The largest absolute Gasteiger partial charge is 0.392 e. The number of carbonyl (C=O) groups is 1. The maximum absolute atomic E-state index is 13.4. The maximum Gasteiger partial charge on any atom is 0.255 e. The summed E-state index contributed by atoms with van der Waals surface area (Å²) in [5.41, 5.74) is 5.30. The average Bonchev–Trinajstić information content (AvgIpc) is 2.16. The number of hydrogen-bond acceptors (Lipinski definition) is 2. The lowest BCUT2D eigenvalue weighted by Gasteiger charge is -2.13. The van der Waals surface area contributed by atoms with Crippen molar-refractivity contribution < 1.29 is 9.18 Å². The van der Waals surface area contributed by atoms with E-state index in [-0.39, 0.29) is 10.6 Å². The molecule has 86 valence electrons. The van der Waals surface area contributed by atoms with E-state index in [2.05, 4.69) is 21.2 Å². The molecule has 0 fully saturated rings. The molecule has 0 saturated heterocycles. The summed E-state index contributed by atoms with van der Waals surface area (Å²) in [5.74, 6) is -1.15. The van der Waals surface area contributed by atoms with Gasteiger partial charge in [0.1, 0.15) is 5.82 Å². The molecule has 0 aliphatic carbocycles. The fourth-order valence-electron chi connectivity index (χ4n) is 1.05. The van der Waals surface area contributed by atoms with E-state index in [1.165, 1.54) is 12.1 Å². The van der Waals surface area contributed by atoms with Gasteiger partial charge in [0.25, 0.3) is 5.91 Å². The predicted molar refractivity (Wildman–Crippen MR) is 67.8 cm³/mol. The first-order valence-corrected chi connectivity index (χ1v) is 5.67. The summed E-state index contributed by atoms with van der Waals surface area (Å²) in [6.07, 6.45) is 0. The number of rotatable bonds is 3. The minimum Gasteiger partial charge on any atom is -0.392 e. The van der Waals surface area contributed by atoms with E-state index in [1.54, 1.807) is 13.0 Å². The van der Waals surface area contributed by atoms with Crippen LogP contribution < -0.4 is 11.1 Å². The monoisotopic (exact) mass is 304 g/mol. The summed E-state index contributed by atoms with van der Waals surface area (Å²) in [7, 11) is 0. The average molecular weight is 305 g/mol. The molecule has 0 aliphatic heterocycles. The van der Waals surface area contributed by atoms with E-state index < -0.39 is 17.8 Å². The number of halogens is 2. The van der Waals surface area contributed by atoms with Gasteiger partial charge in [-0.2, -0.15) is 0 Å². The van der Waals surface area contributed by atoms with Gasteiger partial charge < -0.3 is 11.1 Å². The van der Waals surface area contributed by atoms with E-state index in [0.717, 1.165) is 0 Å². The van der Waals surface area contributed by atoms with Crippen LogP contribution in [-0.4, -0.2) is 16.9 Å². The Morgan fingerprint density at radius 2 is 2.25 bits per heavy atom. The van der Waals surface area contributed by atoms with Crippen molar-refractivity contribution in [2.45, 2.75) is 13.0 Å². The Balaban J connectivity index is 2.93. The molecule has 16 heavy (non-hydrogen) atoms. The topological polar surface area (TPSA) is 55.1 Å². The second kappa shape index (κ2) is 5.36.